The Bertz CT molecular complexity index is 167. The molecule has 0 aromatic heterocycles. The summed E-state index contributed by atoms with van der Waals surface area (Å²) in [6, 6.07) is 0. The minimum Gasteiger partial charge on any atom is -0.378 e. The summed E-state index contributed by atoms with van der Waals surface area (Å²) in [5.74, 6) is 0. The average Bonchev–Trinajstić information content (AvgIpc) is 2.59. The summed E-state index contributed by atoms with van der Waals surface area (Å²) in [6.07, 6.45) is 11.2. The lowest BCUT2D eigenvalue weighted by Gasteiger charge is -2.23. The zero-order valence-corrected chi connectivity index (χ0v) is 15.9. The van der Waals surface area contributed by atoms with Crippen LogP contribution in [-0.2, 0) is 4.74 Å². The van der Waals surface area contributed by atoms with E-state index in [0.717, 1.165) is 6.61 Å². The number of hydrogen-bond acceptors (Lipinski definition) is 2. The van der Waals surface area contributed by atoms with E-state index in [-0.39, 0.29) is 0 Å². The average molecular weight is 302 g/mol. The lowest BCUT2D eigenvalue weighted by molar-refractivity contribution is 0.0236. The van der Waals surface area contributed by atoms with E-state index in [9.17, 15) is 0 Å². The Morgan fingerprint density at radius 3 is 1.95 bits per heavy atom. The van der Waals surface area contributed by atoms with Crippen LogP contribution >= 0.6 is 0 Å². The molecule has 0 radical (unpaired) electrons. The maximum absolute atomic E-state index is 5.96. The first-order chi connectivity index (χ1) is 10.4. The van der Waals surface area contributed by atoms with Gasteiger partial charge in [0.15, 0.2) is 0 Å². The van der Waals surface area contributed by atoms with Crippen LogP contribution in [0.5, 0.6) is 0 Å². The molecule has 1 saturated carbocycles. The molecule has 0 amide bonds. The molecular weight excluding hydrogens is 258 g/mol. The molecule has 0 saturated heterocycles. The smallest absolute Gasteiger partial charge is 0.0575 e. The van der Waals surface area contributed by atoms with Crippen molar-refractivity contribution in [3.05, 3.63) is 0 Å². The van der Waals surface area contributed by atoms with Gasteiger partial charge in [0.25, 0.3) is 0 Å². The Hall–Kier alpha value is -0.0800. The van der Waals surface area contributed by atoms with Crippen molar-refractivity contribution in [2.24, 2.45) is 0 Å². The van der Waals surface area contributed by atoms with Gasteiger partial charge in [0.1, 0.15) is 0 Å². The third-order valence-corrected chi connectivity index (χ3v) is 3.80. The molecular formula is C19H43NO. The maximum atomic E-state index is 5.96. The van der Waals surface area contributed by atoms with E-state index < -0.39 is 0 Å². The van der Waals surface area contributed by atoms with E-state index in [1.54, 1.807) is 0 Å². The molecule has 0 bridgehead atoms. The highest BCUT2D eigenvalue weighted by atomic mass is 16.5. The number of nitrogens with zero attached hydrogens (tertiary/aromatic N) is 1. The molecule has 0 unspecified atom stereocenters. The summed E-state index contributed by atoms with van der Waals surface area (Å²) in [4.78, 5) is 2.55. The first-order valence-corrected chi connectivity index (χ1v) is 9.70. The van der Waals surface area contributed by atoms with Crippen molar-refractivity contribution in [3.63, 3.8) is 0 Å². The molecule has 0 aliphatic heterocycles. The molecule has 130 valence electrons. The highest BCUT2D eigenvalue weighted by Crippen LogP contribution is 2.20. The number of rotatable bonds is 9. The highest BCUT2D eigenvalue weighted by molar-refractivity contribution is 4.65. The van der Waals surface area contributed by atoms with Gasteiger partial charge < -0.3 is 9.64 Å². The second-order valence-electron chi connectivity index (χ2n) is 5.27. The van der Waals surface area contributed by atoms with Crippen LogP contribution in [0, 0.1) is 0 Å². The third kappa shape index (κ3) is 14.6. The minimum atomic E-state index is 0.578. The van der Waals surface area contributed by atoms with Crippen molar-refractivity contribution in [2.45, 2.75) is 99.0 Å². The topological polar surface area (TPSA) is 12.5 Å². The Morgan fingerprint density at radius 2 is 1.43 bits per heavy atom. The quantitative estimate of drug-likeness (QED) is 0.492. The standard InChI is InChI=1S/C15H31NO.2C2H6/c1-3-5-12-16(4-2)13-9-14-17-15-10-7-6-8-11-15;2*1-2/h15H,3-14H2,1-2H3;2*1-2H3. The maximum Gasteiger partial charge on any atom is 0.0575 e. The number of ether oxygens (including phenoxy) is 1. The summed E-state index contributed by atoms with van der Waals surface area (Å²) in [5, 5.41) is 0. The Kier molecular flexibility index (Phi) is 22.0. The molecule has 1 aliphatic rings. The van der Waals surface area contributed by atoms with Gasteiger partial charge in [-0.1, -0.05) is 67.2 Å². The fourth-order valence-electron chi connectivity index (χ4n) is 2.58. The lowest BCUT2D eigenvalue weighted by atomic mass is 9.98. The van der Waals surface area contributed by atoms with E-state index in [2.05, 4.69) is 18.7 Å². The predicted molar refractivity (Wildman–Crippen MR) is 97.2 cm³/mol. The normalized spacial score (nSPS) is 15.0. The Morgan fingerprint density at radius 1 is 0.857 bits per heavy atom. The monoisotopic (exact) mass is 301 g/mol. The lowest BCUT2D eigenvalue weighted by Crippen LogP contribution is -2.27. The summed E-state index contributed by atoms with van der Waals surface area (Å²) in [6.45, 7) is 17.1. The second kappa shape index (κ2) is 19.9. The van der Waals surface area contributed by atoms with Gasteiger partial charge in [-0.2, -0.15) is 0 Å². The van der Waals surface area contributed by atoms with E-state index in [1.165, 1.54) is 71.0 Å². The van der Waals surface area contributed by atoms with Crippen molar-refractivity contribution in [1.29, 1.82) is 0 Å². The van der Waals surface area contributed by atoms with Crippen LogP contribution in [0.25, 0.3) is 0 Å². The van der Waals surface area contributed by atoms with Gasteiger partial charge in [-0.15, -0.1) is 0 Å². The third-order valence-electron chi connectivity index (χ3n) is 3.80. The van der Waals surface area contributed by atoms with Gasteiger partial charge in [-0.3, -0.25) is 0 Å². The van der Waals surface area contributed by atoms with Crippen LogP contribution in [0.15, 0.2) is 0 Å². The Balaban J connectivity index is 0. The van der Waals surface area contributed by atoms with Crippen LogP contribution in [0.4, 0.5) is 0 Å². The van der Waals surface area contributed by atoms with Crippen molar-refractivity contribution >= 4 is 0 Å². The fraction of sp³-hybridized carbons (Fsp3) is 1.00. The first-order valence-electron chi connectivity index (χ1n) is 9.70. The van der Waals surface area contributed by atoms with E-state index in [4.69, 9.17) is 4.74 Å². The molecule has 2 nitrogen and oxygen atoms in total. The van der Waals surface area contributed by atoms with Crippen LogP contribution < -0.4 is 0 Å². The SMILES string of the molecule is CC.CC.CCCCN(CC)CCCOC1CCCCC1. The summed E-state index contributed by atoms with van der Waals surface area (Å²) in [7, 11) is 0. The van der Waals surface area contributed by atoms with Crippen LogP contribution in [0.2, 0.25) is 0 Å². The highest BCUT2D eigenvalue weighted by Gasteiger charge is 2.13. The van der Waals surface area contributed by atoms with Crippen molar-refractivity contribution < 1.29 is 4.74 Å². The van der Waals surface area contributed by atoms with Crippen LogP contribution in [0.1, 0.15) is 92.9 Å². The Labute approximate surface area is 135 Å². The second-order valence-corrected chi connectivity index (χ2v) is 5.27. The summed E-state index contributed by atoms with van der Waals surface area (Å²) >= 11 is 0. The minimum absolute atomic E-state index is 0.578. The van der Waals surface area contributed by atoms with Crippen molar-refractivity contribution in [2.75, 3.05) is 26.2 Å². The number of unbranched alkanes of at least 4 members (excludes halogenated alkanes) is 1. The molecule has 0 spiro atoms. The number of hydrogen-bond donors (Lipinski definition) is 0. The zero-order valence-electron chi connectivity index (χ0n) is 15.9. The molecule has 0 aromatic rings. The molecule has 2 heteroatoms. The molecule has 21 heavy (non-hydrogen) atoms. The summed E-state index contributed by atoms with van der Waals surface area (Å²) < 4.78 is 5.96. The van der Waals surface area contributed by atoms with Crippen molar-refractivity contribution in [3.8, 4) is 0 Å². The predicted octanol–water partition coefficient (Wildman–Crippen LogP) is 5.90. The molecule has 1 fully saturated rings. The van der Waals surface area contributed by atoms with Crippen LogP contribution in [0.3, 0.4) is 0 Å². The molecule has 0 heterocycles. The molecule has 1 rings (SSSR count). The largest absolute Gasteiger partial charge is 0.378 e. The van der Waals surface area contributed by atoms with E-state index in [1.807, 2.05) is 27.7 Å². The fourth-order valence-corrected chi connectivity index (χ4v) is 2.58. The molecule has 1 aliphatic carbocycles. The molecule has 0 N–H and O–H groups in total. The van der Waals surface area contributed by atoms with Gasteiger partial charge in [-0.05, 0) is 38.8 Å². The van der Waals surface area contributed by atoms with Crippen LogP contribution in [-0.4, -0.2) is 37.2 Å². The summed E-state index contributed by atoms with van der Waals surface area (Å²) in [5.41, 5.74) is 0. The van der Waals surface area contributed by atoms with E-state index >= 15 is 0 Å². The van der Waals surface area contributed by atoms with Gasteiger partial charge in [0.05, 0.1) is 6.10 Å². The van der Waals surface area contributed by atoms with Gasteiger partial charge >= 0.3 is 0 Å². The zero-order chi connectivity index (χ0) is 16.3. The van der Waals surface area contributed by atoms with Gasteiger partial charge in [0.2, 0.25) is 0 Å². The molecule has 0 atom stereocenters. The first kappa shape index (κ1) is 23.2. The van der Waals surface area contributed by atoms with E-state index in [0.29, 0.717) is 6.10 Å². The molecule has 0 aromatic carbocycles. The van der Waals surface area contributed by atoms with Crippen molar-refractivity contribution in [1.82, 2.24) is 4.90 Å². The van der Waals surface area contributed by atoms with Gasteiger partial charge in [-0.25, -0.2) is 0 Å². The van der Waals surface area contributed by atoms with Gasteiger partial charge in [0, 0.05) is 13.2 Å².